The molecule has 0 unspecified atom stereocenters. The SMILES string of the molecule is N#CCc1ccccc1CON. The third kappa shape index (κ3) is 2.06. The fourth-order valence-corrected chi connectivity index (χ4v) is 1.05. The van der Waals surface area contributed by atoms with Gasteiger partial charge in [0.1, 0.15) is 0 Å². The van der Waals surface area contributed by atoms with Crippen molar-refractivity contribution in [1.29, 1.82) is 5.26 Å². The molecule has 12 heavy (non-hydrogen) atoms. The van der Waals surface area contributed by atoms with Crippen molar-refractivity contribution in [2.45, 2.75) is 13.0 Å². The Kier molecular flexibility index (Phi) is 3.27. The van der Waals surface area contributed by atoms with E-state index >= 15 is 0 Å². The summed E-state index contributed by atoms with van der Waals surface area (Å²) in [5, 5.41) is 8.49. The number of nitrogens with two attached hydrogens (primary N) is 1. The highest BCUT2D eigenvalue weighted by Gasteiger charge is 1.99. The van der Waals surface area contributed by atoms with Gasteiger partial charge in [-0.3, -0.25) is 4.84 Å². The molecule has 3 nitrogen and oxygen atoms in total. The molecule has 0 aliphatic carbocycles. The van der Waals surface area contributed by atoms with E-state index in [9.17, 15) is 0 Å². The van der Waals surface area contributed by atoms with E-state index < -0.39 is 0 Å². The Hall–Kier alpha value is -1.37. The predicted octanol–water partition coefficient (Wildman–Crippen LogP) is 1.14. The normalized spacial score (nSPS) is 9.33. The highest BCUT2D eigenvalue weighted by atomic mass is 16.6. The zero-order chi connectivity index (χ0) is 8.81. The summed E-state index contributed by atoms with van der Waals surface area (Å²) in [5.74, 6) is 4.94. The average molecular weight is 162 g/mol. The van der Waals surface area contributed by atoms with Crippen LogP contribution < -0.4 is 5.90 Å². The molecule has 0 heterocycles. The lowest BCUT2D eigenvalue weighted by Crippen LogP contribution is -2.01. The maximum atomic E-state index is 8.49. The summed E-state index contributed by atoms with van der Waals surface area (Å²) in [4.78, 5) is 4.51. The number of nitriles is 1. The predicted molar refractivity (Wildman–Crippen MR) is 44.7 cm³/mol. The lowest BCUT2D eigenvalue weighted by Gasteiger charge is -2.03. The molecule has 3 heteroatoms. The molecule has 0 spiro atoms. The van der Waals surface area contributed by atoms with Crippen LogP contribution in [0.15, 0.2) is 24.3 Å². The van der Waals surface area contributed by atoms with Crippen LogP contribution in [0.3, 0.4) is 0 Å². The molecule has 2 N–H and O–H groups in total. The second kappa shape index (κ2) is 4.50. The van der Waals surface area contributed by atoms with Crippen LogP contribution in [-0.2, 0) is 17.9 Å². The van der Waals surface area contributed by atoms with Crippen molar-refractivity contribution in [3.63, 3.8) is 0 Å². The molecular weight excluding hydrogens is 152 g/mol. The monoisotopic (exact) mass is 162 g/mol. The van der Waals surface area contributed by atoms with Gasteiger partial charge in [-0.25, -0.2) is 5.90 Å². The Balaban J connectivity index is 2.85. The van der Waals surface area contributed by atoms with Gasteiger partial charge in [0, 0.05) is 0 Å². The summed E-state index contributed by atoms with van der Waals surface area (Å²) in [6, 6.07) is 9.68. The number of nitrogens with zero attached hydrogens (tertiary/aromatic N) is 1. The average Bonchev–Trinajstić information content (AvgIpc) is 2.09. The van der Waals surface area contributed by atoms with Gasteiger partial charge in [-0.05, 0) is 11.1 Å². The fraction of sp³-hybridized carbons (Fsp3) is 0.222. The third-order valence-corrected chi connectivity index (χ3v) is 1.63. The molecule has 0 fully saturated rings. The van der Waals surface area contributed by atoms with Crippen molar-refractivity contribution < 1.29 is 4.84 Å². The summed E-state index contributed by atoms with van der Waals surface area (Å²) in [7, 11) is 0. The van der Waals surface area contributed by atoms with Crippen LogP contribution in [0.4, 0.5) is 0 Å². The van der Waals surface area contributed by atoms with Gasteiger partial charge in [-0.2, -0.15) is 5.26 Å². The summed E-state index contributed by atoms with van der Waals surface area (Å²) in [6.07, 6.45) is 0.402. The van der Waals surface area contributed by atoms with Gasteiger partial charge in [0.2, 0.25) is 0 Å². The smallest absolute Gasteiger partial charge is 0.0933 e. The van der Waals surface area contributed by atoms with Crippen LogP contribution >= 0.6 is 0 Å². The van der Waals surface area contributed by atoms with E-state index in [1.54, 1.807) is 0 Å². The zero-order valence-electron chi connectivity index (χ0n) is 6.66. The molecule has 0 radical (unpaired) electrons. The quantitative estimate of drug-likeness (QED) is 0.678. The Bertz CT molecular complexity index is 291. The minimum absolute atomic E-state index is 0.359. The van der Waals surface area contributed by atoms with E-state index in [-0.39, 0.29) is 0 Å². The first-order valence-electron chi connectivity index (χ1n) is 3.64. The van der Waals surface area contributed by atoms with Crippen LogP contribution in [0.2, 0.25) is 0 Å². The number of rotatable bonds is 3. The van der Waals surface area contributed by atoms with Crippen molar-refractivity contribution in [2.24, 2.45) is 5.90 Å². The van der Waals surface area contributed by atoms with E-state index in [1.807, 2.05) is 24.3 Å². The van der Waals surface area contributed by atoms with Gasteiger partial charge in [-0.1, -0.05) is 24.3 Å². The minimum atomic E-state index is 0.359. The molecular formula is C9H10N2O. The van der Waals surface area contributed by atoms with Crippen LogP contribution in [0.5, 0.6) is 0 Å². The Morgan fingerprint density at radius 1 is 1.33 bits per heavy atom. The van der Waals surface area contributed by atoms with Crippen molar-refractivity contribution in [1.82, 2.24) is 0 Å². The molecule has 0 aromatic heterocycles. The lowest BCUT2D eigenvalue weighted by atomic mass is 10.1. The van der Waals surface area contributed by atoms with Crippen molar-refractivity contribution in [3.05, 3.63) is 35.4 Å². The molecule has 0 amide bonds. The maximum Gasteiger partial charge on any atom is 0.0933 e. The highest BCUT2D eigenvalue weighted by molar-refractivity contribution is 5.28. The second-order valence-corrected chi connectivity index (χ2v) is 2.41. The molecule has 0 aliphatic heterocycles. The molecule has 0 saturated heterocycles. The number of hydrogen-bond acceptors (Lipinski definition) is 3. The fourth-order valence-electron chi connectivity index (χ4n) is 1.05. The first-order chi connectivity index (χ1) is 5.88. The zero-order valence-corrected chi connectivity index (χ0v) is 6.66. The standard InChI is InChI=1S/C9H10N2O/c10-6-5-8-3-1-2-4-9(8)7-12-11/h1-4H,5,7,11H2. The van der Waals surface area contributed by atoms with Crippen molar-refractivity contribution in [3.8, 4) is 6.07 Å². The van der Waals surface area contributed by atoms with Crippen LogP contribution in [0.25, 0.3) is 0 Å². The molecule has 0 atom stereocenters. The molecule has 0 saturated carbocycles. The van der Waals surface area contributed by atoms with Gasteiger partial charge < -0.3 is 0 Å². The van der Waals surface area contributed by atoms with Crippen molar-refractivity contribution in [2.75, 3.05) is 0 Å². The van der Waals surface area contributed by atoms with Gasteiger partial charge in [-0.15, -0.1) is 0 Å². The first kappa shape index (κ1) is 8.72. The van der Waals surface area contributed by atoms with E-state index in [0.29, 0.717) is 13.0 Å². The molecule has 0 aliphatic rings. The van der Waals surface area contributed by atoms with E-state index in [0.717, 1.165) is 11.1 Å². The summed E-state index contributed by atoms with van der Waals surface area (Å²) < 4.78 is 0. The maximum absolute atomic E-state index is 8.49. The second-order valence-electron chi connectivity index (χ2n) is 2.41. The summed E-state index contributed by atoms with van der Waals surface area (Å²) >= 11 is 0. The molecule has 1 aromatic rings. The minimum Gasteiger partial charge on any atom is -0.300 e. The topological polar surface area (TPSA) is 59.0 Å². The van der Waals surface area contributed by atoms with E-state index in [4.69, 9.17) is 11.2 Å². The van der Waals surface area contributed by atoms with Gasteiger partial charge >= 0.3 is 0 Å². The van der Waals surface area contributed by atoms with E-state index in [1.165, 1.54) is 0 Å². The largest absolute Gasteiger partial charge is 0.300 e. The van der Waals surface area contributed by atoms with E-state index in [2.05, 4.69) is 10.9 Å². The molecule has 1 aromatic carbocycles. The number of hydrogen-bond donors (Lipinski definition) is 1. The van der Waals surface area contributed by atoms with Gasteiger partial charge in [0.15, 0.2) is 0 Å². The molecule has 0 bridgehead atoms. The summed E-state index contributed by atoms with van der Waals surface area (Å²) in [5.41, 5.74) is 1.95. The van der Waals surface area contributed by atoms with Crippen LogP contribution in [0.1, 0.15) is 11.1 Å². The third-order valence-electron chi connectivity index (χ3n) is 1.63. The number of benzene rings is 1. The van der Waals surface area contributed by atoms with Crippen LogP contribution in [0, 0.1) is 11.3 Å². The highest BCUT2D eigenvalue weighted by Crippen LogP contribution is 2.09. The Morgan fingerprint density at radius 2 is 2.00 bits per heavy atom. The van der Waals surface area contributed by atoms with Gasteiger partial charge in [0.05, 0.1) is 19.1 Å². The Morgan fingerprint density at radius 3 is 2.58 bits per heavy atom. The molecule has 1 rings (SSSR count). The van der Waals surface area contributed by atoms with Crippen LogP contribution in [-0.4, -0.2) is 0 Å². The van der Waals surface area contributed by atoms with Gasteiger partial charge in [0.25, 0.3) is 0 Å². The Labute approximate surface area is 71.3 Å². The lowest BCUT2D eigenvalue weighted by molar-refractivity contribution is 0.123. The summed E-state index contributed by atoms with van der Waals surface area (Å²) in [6.45, 7) is 0.359. The molecule has 62 valence electrons. The van der Waals surface area contributed by atoms with Crippen molar-refractivity contribution >= 4 is 0 Å². The first-order valence-corrected chi connectivity index (χ1v) is 3.64.